The average Bonchev–Trinajstić information content (AvgIpc) is 2.60. The molecule has 0 heterocycles. The van der Waals surface area contributed by atoms with E-state index in [0.29, 0.717) is 5.56 Å². The van der Waals surface area contributed by atoms with E-state index in [9.17, 15) is 15.4 Å². The van der Waals surface area contributed by atoms with Crippen molar-refractivity contribution in [1.82, 2.24) is 0 Å². The second-order valence-corrected chi connectivity index (χ2v) is 5.79. The molecular formula is C18H17N3O2. The molecule has 0 saturated heterocycles. The van der Waals surface area contributed by atoms with Crippen LogP contribution in [0.2, 0.25) is 0 Å². The van der Waals surface area contributed by atoms with E-state index in [-0.39, 0.29) is 11.7 Å². The minimum absolute atomic E-state index is 0.0530. The van der Waals surface area contributed by atoms with Gasteiger partial charge in [-0.3, -0.25) is 10.1 Å². The van der Waals surface area contributed by atoms with Crippen LogP contribution in [0, 0.1) is 21.4 Å². The summed E-state index contributed by atoms with van der Waals surface area (Å²) in [6, 6.07) is 15.1. The molecule has 0 bridgehead atoms. The van der Waals surface area contributed by atoms with Crippen LogP contribution in [0.4, 0.5) is 11.4 Å². The summed E-state index contributed by atoms with van der Waals surface area (Å²) in [5.74, 6) is 0. The van der Waals surface area contributed by atoms with E-state index in [0.717, 1.165) is 24.9 Å². The first-order chi connectivity index (χ1) is 11.1. The van der Waals surface area contributed by atoms with Gasteiger partial charge in [0.2, 0.25) is 0 Å². The predicted molar refractivity (Wildman–Crippen MR) is 88.3 cm³/mol. The van der Waals surface area contributed by atoms with Gasteiger partial charge in [-0.2, -0.15) is 5.26 Å². The number of nitro groups is 1. The van der Waals surface area contributed by atoms with E-state index in [1.165, 1.54) is 23.3 Å². The van der Waals surface area contributed by atoms with Gasteiger partial charge in [0.15, 0.2) is 0 Å². The highest BCUT2D eigenvalue weighted by Crippen LogP contribution is 2.37. The fraction of sp³-hybridized carbons (Fsp3) is 0.278. The third kappa shape index (κ3) is 2.76. The monoisotopic (exact) mass is 307 g/mol. The van der Waals surface area contributed by atoms with E-state index in [2.05, 4.69) is 23.1 Å². The number of nitro benzene ring substituents is 1. The van der Waals surface area contributed by atoms with Gasteiger partial charge in [-0.15, -0.1) is 0 Å². The Balaban J connectivity index is 2.00. The first-order valence-corrected chi connectivity index (χ1v) is 7.61. The van der Waals surface area contributed by atoms with Crippen LogP contribution in [0.25, 0.3) is 0 Å². The molecule has 2 aromatic carbocycles. The first-order valence-electron chi connectivity index (χ1n) is 7.61. The van der Waals surface area contributed by atoms with Gasteiger partial charge in [0.1, 0.15) is 6.07 Å². The second kappa shape index (κ2) is 6.09. The zero-order valence-electron chi connectivity index (χ0n) is 12.9. The molecule has 0 aliphatic heterocycles. The number of nitrogens with zero attached hydrogens (tertiary/aromatic N) is 3. The Labute approximate surface area is 134 Å². The van der Waals surface area contributed by atoms with Crippen molar-refractivity contribution in [2.24, 2.45) is 0 Å². The van der Waals surface area contributed by atoms with Crippen LogP contribution in [0.3, 0.4) is 0 Å². The normalized spacial score (nSPS) is 16.3. The smallest absolute Gasteiger partial charge is 0.270 e. The molecule has 1 aliphatic rings. The van der Waals surface area contributed by atoms with Crippen molar-refractivity contribution >= 4 is 11.4 Å². The standard InChI is InChI=1S/C18H17N3O2/c1-20(17-10-9-15(21(22)23)11-14(17)12-19)18-8-4-6-13-5-2-3-7-16(13)18/h2-3,5,7,9-11,18H,4,6,8H2,1H3/t18-/m0/s1. The average molecular weight is 307 g/mol. The van der Waals surface area contributed by atoms with Crippen LogP contribution in [0.1, 0.15) is 35.6 Å². The van der Waals surface area contributed by atoms with Crippen LogP contribution in [-0.4, -0.2) is 12.0 Å². The van der Waals surface area contributed by atoms with Gasteiger partial charge >= 0.3 is 0 Å². The zero-order valence-corrected chi connectivity index (χ0v) is 12.9. The molecular weight excluding hydrogens is 290 g/mol. The molecule has 0 amide bonds. The number of aryl methyl sites for hydroxylation is 1. The number of hydrogen-bond acceptors (Lipinski definition) is 4. The van der Waals surface area contributed by atoms with Crippen molar-refractivity contribution in [2.45, 2.75) is 25.3 Å². The Kier molecular flexibility index (Phi) is 3.98. The van der Waals surface area contributed by atoms with Gasteiger partial charge in [0.25, 0.3) is 5.69 Å². The van der Waals surface area contributed by atoms with Crippen molar-refractivity contribution < 1.29 is 4.92 Å². The molecule has 5 heteroatoms. The Bertz CT molecular complexity index is 795. The summed E-state index contributed by atoms with van der Waals surface area (Å²) in [4.78, 5) is 12.5. The maximum atomic E-state index is 10.9. The predicted octanol–water partition coefficient (Wildman–Crippen LogP) is 3.98. The maximum Gasteiger partial charge on any atom is 0.270 e. The third-order valence-electron chi connectivity index (χ3n) is 4.50. The van der Waals surface area contributed by atoms with Crippen LogP contribution in [-0.2, 0) is 6.42 Å². The first kappa shape index (κ1) is 15.0. The van der Waals surface area contributed by atoms with Crippen molar-refractivity contribution in [3.05, 3.63) is 69.3 Å². The molecule has 0 radical (unpaired) electrons. The molecule has 5 nitrogen and oxygen atoms in total. The molecule has 0 aromatic heterocycles. The lowest BCUT2D eigenvalue weighted by atomic mass is 9.86. The van der Waals surface area contributed by atoms with E-state index in [1.807, 2.05) is 19.2 Å². The van der Waals surface area contributed by atoms with Gasteiger partial charge < -0.3 is 4.90 Å². The Morgan fingerprint density at radius 1 is 1.30 bits per heavy atom. The molecule has 1 atom stereocenters. The number of fused-ring (bicyclic) bond motifs is 1. The Hall–Kier alpha value is -2.87. The molecule has 2 aromatic rings. The molecule has 23 heavy (non-hydrogen) atoms. The molecule has 0 spiro atoms. The molecule has 0 unspecified atom stereocenters. The summed E-state index contributed by atoms with van der Waals surface area (Å²) in [6.07, 6.45) is 3.18. The summed E-state index contributed by atoms with van der Waals surface area (Å²) in [5, 5.41) is 20.3. The summed E-state index contributed by atoms with van der Waals surface area (Å²) in [5.41, 5.74) is 3.65. The lowest BCUT2D eigenvalue weighted by Crippen LogP contribution is -2.28. The van der Waals surface area contributed by atoms with Crippen LogP contribution in [0.5, 0.6) is 0 Å². The Morgan fingerprint density at radius 2 is 2.09 bits per heavy atom. The lowest BCUT2D eigenvalue weighted by molar-refractivity contribution is -0.384. The minimum Gasteiger partial charge on any atom is -0.366 e. The SMILES string of the molecule is CN(c1ccc([N+](=O)[O-])cc1C#N)[C@H]1CCCc2ccccc21. The largest absolute Gasteiger partial charge is 0.366 e. The van der Waals surface area contributed by atoms with Crippen molar-refractivity contribution in [1.29, 1.82) is 5.26 Å². The van der Waals surface area contributed by atoms with Crippen LogP contribution in [0.15, 0.2) is 42.5 Å². The highest BCUT2D eigenvalue weighted by atomic mass is 16.6. The molecule has 0 fully saturated rings. The molecule has 1 aliphatic carbocycles. The molecule has 0 saturated carbocycles. The minimum atomic E-state index is -0.472. The van der Waals surface area contributed by atoms with Gasteiger partial charge in [-0.05, 0) is 36.5 Å². The number of hydrogen-bond donors (Lipinski definition) is 0. The fourth-order valence-corrected chi connectivity index (χ4v) is 3.33. The highest BCUT2D eigenvalue weighted by Gasteiger charge is 2.25. The summed E-state index contributed by atoms with van der Waals surface area (Å²) in [6.45, 7) is 0. The molecule has 3 rings (SSSR count). The number of benzene rings is 2. The number of rotatable bonds is 3. The topological polar surface area (TPSA) is 70.2 Å². The summed E-state index contributed by atoms with van der Waals surface area (Å²) >= 11 is 0. The lowest BCUT2D eigenvalue weighted by Gasteiger charge is -2.35. The van der Waals surface area contributed by atoms with E-state index in [1.54, 1.807) is 6.07 Å². The third-order valence-corrected chi connectivity index (χ3v) is 4.50. The quantitative estimate of drug-likeness (QED) is 0.635. The van der Waals surface area contributed by atoms with Gasteiger partial charge in [0.05, 0.1) is 22.2 Å². The number of nitriles is 1. The van der Waals surface area contributed by atoms with Gasteiger partial charge in [-0.1, -0.05) is 24.3 Å². The van der Waals surface area contributed by atoms with Crippen LogP contribution < -0.4 is 4.90 Å². The Morgan fingerprint density at radius 3 is 2.83 bits per heavy atom. The zero-order chi connectivity index (χ0) is 16.4. The van der Waals surface area contributed by atoms with Gasteiger partial charge in [0, 0.05) is 19.2 Å². The van der Waals surface area contributed by atoms with Crippen molar-refractivity contribution in [3.63, 3.8) is 0 Å². The maximum absolute atomic E-state index is 10.9. The summed E-state index contributed by atoms with van der Waals surface area (Å²) in [7, 11) is 1.95. The number of non-ortho nitro benzene ring substituents is 1. The fourth-order valence-electron chi connectivity index (χ4n) is 3.33. The molecule has 0 N–H and O–H groups in total. The van der Waals surface area contributed by atoms with Crippen molar-refractivity contribution in [2.75, 3.05) is 11.9 Å². The molecule has 116 valence electrons. The highest BCUT2D eigenvalue weighted by molar-refractivity contribution is 5.63. The second-order valence-electron chi connectivity index (χ2n) is 5.79. The van der Waals surface area contributed by atoms with E-state index >= 15 is 0 Å². The van der Waals surface area contributed by atoms with Crippen molar-refractivity contribution in [3.8, 4) is 6.07 Å². The van der Waals surface area contributed by atoms with E-state index < -0.39 is 4.92 Å². The van der Waals surface area contributed by atoms with Gasteiger partial charge in [-0.25, -0.2) is 0 Å². The van der Waals surface area contributed by atoms with E-state index in [4.69, 9.17) is 0 Å². The summed E-state index contributed by atoms with van der Waals surface area (Å²) < 4.78 is 0. The van der Waals surface area contributed by atoms with Crippen LogP contribution >= 0.6 is 0 Å². The number of anilines is 1.